The number of nitrogens with zero attached hydrogens (tertiary/aromatic N) is 3. The lowest BCUT2D eigenvalue weighted by atomic mass is 10.2. The molecule has 1 N–H and O–H groups in total. The molecule has 0 aliphatic rings. The molecule has 0 radical (unpaired) electrons. The van der Waals surface area contributed by atoms with Crippen molar-refractivity contribution in [2.24, 2.45) is 0 Å². The summed E-state index contributed by atoms with van der Waals surface area (Å²) in [5.41, 5.74) is 0.593. The van der Waals surface area contributed by atoms with Gasteiger partial charge in [0.25, 0.3) is 0 Å². The smallest absolute Gasteiger partial charge is 0.243 e. The topological polar surface area (TPSA) is 71.3 Å². The summed E-state index contributed by atoms with van der Waals surface area (Å²) in [6, 6.07) is 4.77. The summed E-state index contributed by atoms with van der Waals surface area (Å²) >= 11 is 11.8. The normalized spacial score (nSPS) is 12.7. The molecular weight excluding hydrogens is 351 g/mol. The van der Waals surface area contributed by atoms with Crippen LogP contribution in [-0.2, 0) is 4.79 Å². The van der Waals surface area contributed by atoms with E-state index in [1.54, 1.807) is 18.2 Å². The summed E-state index contributed by atoms with van der Waals surface area (Å²) < 4.78 is 5.27. The Balaban J connectivity index is 1.95. The van der Waals surface area contributed by atoms with Crippen LogP contribution < -0.4 is 5.32 Å². The quantitative estimate of drug-likeness (QED) is 0.827. The second-order valence-corrected chi connectivity index (χ2v) is 6.73. The van der Waals surface area contributed by atoms with Gasteiger partial charge in [-0.15, -0.1) is 0 Å². The average Bonchev–Trinajstić information content (AvgIpc) is 3.00. The average molecular weight is 371 g/mol. The van der Waals surface area contributed by atoms with Gasteiger partial charge in [-0.2, -0.15) is 4.98 Å². The van der Waals surface area contributed by atoms with Crippen molar-refractivity contribution in [2.45, 2.75) is 32.7 Å². The number of carbonyl (C=O) groups excluding carboxylic acids is 1. The highest BCUT2D eigenvalue weighted by Gasteiger charge is 2.21. The predicted molar refractivity (Wildman–Crippen MR) is 94.5 cm³/mol. The Bertz CT molecular complexity index is 718. The van der Waals surface area contributed by atoms with E-state index in [9.17, 15) is 4.79 Å². The number of hydrogen-bond acceptors (Lipinski definition) is 5. The van der Waals surface area contributed by atoms with Gasteiger partial charge in [0.1, 0.15) is 0 Å². The second kappa shape index (κ2) is 7.96. The monoisotopic (exact) mass is 370 g/mol. The highest BCUT2D eigenvalue weighted by atomic mass is 35.5. The van der Waals surface area contributed by atoms with E-state index in [-0.39, 0.29) is 24.4 Å². The Morgan fingerprint density at radius 3 is 2.58 bits per heavy atom. The number of halogens is 2. The maximum atomic E-state index is 12.2. The minimum atomic E-state index is -0.176. The molecule has 2 aromatic rings. The molecule has 1 aromatic carbocycles. The third-order valence-electron chi connectivity index (χ3n) is 3.59. The fourth-order valence-electron chi connectivity index (χ4n) is 1.98. The maximum absolute atomic E-state index is 12.2. The van der Waals surface area contributed by atoms with Crippen molar-refractivity contribution < 1.29 is 9.32 Å². The first-order chi connectivity index (χ1) is 11.3. The first-order valence-electron chi connectivity index (χ1n) is 7.56. The van der Waals surface area contributed by atoms with Crippen LogP contribution in [0.4, 0.5) is 5.69 Å². The Kier molecular flexibility index (Phi) is 6.21. The van der Waals surface area contributed by atoms with E-state index in [2.05, 4.69) is 15.5 Å². The van der Waals surface area contributed by atoms with Crippen LogP contribution in [0.3, 0.4) is 0 Å². The number of likely N-dealkylation sites (N-methyl/N-ethyl adjacent to an activating group) is 1. The molecule has 8 heteroatoms. The van der Waals surface area contributed by atoms with Gasteiger partial charge in [0.15, 0.2) is 5.82 Å². The number of carbonyl (C=O) groups is 1. The van der Waals surface area contributed by atoms with Gasteiger partial charge in [-0.1, -0.05) is 42.2 Å². The molecule has 0 aliphatic heterocycles. The van der Waals surface area contributed by atoms with Crippen molar-refractivity contribution in [3.05, 3.63) is 40.0 Å². The van der Waals surface area contributed by atoms with Gasteiger partial charge in [-0.25, -0.2) is 0 Å². The summed E-state index contributed by atoms with van der Waals surface area (Å²) in [5.74, 6) is 1.17. The van der Waals surface area contributed by atoms with E-state index in [1.165, 1.54) is 0 Å². The molecule has 1 heterocycles. The van der Waals surface area contributed by atoms with E-state index >= 15 is 0 Å². The Hall–Kier alpha value is -1.63. The van der Waals surface area contributed by atoms with Crippen molar-refractivity contribution in [2.75, 3.05) is 18.9 Å². The van der Waals surface area contributed by atoms with Crippen LogP contribution in [0.5, 0.6) is 0 Å². The summed E-state index contributed by atoms with van der Waals surface area (Å²) in [6.45, 7) is 6.06. The van der Waals surface area contributed by atoms with Crippen LogP contribution >= 0.6 is 23.2 Å². The maximum Gasteiger partial charge on any atom is 0.243 e. The first-order valence-corrected chi connectivity index (χ1v) is 8.32. The number of hydrogen-bond donors (Lipinski definition) is 1. The molecule has 24 heavy (non-hydrogen) atoms. The molecule has 0 fully saturated rings. The molecule has 0 saturated heterocycles. The van der Waals surface area contributed by atoms with Gasteiger partial charge in [0.2, 0.25) is 11.8 Å². The van der Waals surface area contributed by atoms with Gasteiger partial charge in [-0.3, -0.25) is 9.69 Å². The number of rotatable bonds is 6. The van der Waals surface area contributed by atoms with Crippen LogP contribution in [0.15, 0.2) is 22.7 Å². The van der Waals surface area contributed by atoms with Gasteiger partial charge >= 0.3 is 0 Å². The Morgan fingerprint density at radius 2 is 2.00 bits per heavy atom. The summed E-state index contributed by atoms with van der Waals surface area (Å²) in [7, 11) is 1.82. The molecule has 0 aliphatic carbocycles. The molecule has 1 atom stereocenters. The fraction of sp³-hybridized carbons (Fsp3) is 0.438. The fourth-order valence-corrected chi connectivity index (χ4v) is 2.28. The van der Waals surface area contributed by atoms with Gasteiger partial charge < -0.3 is 9.84 Å². The molecule has 0 bridgehead atoms. The number of aromatic nitrogens is 2. The summed E-state index contributed by atoms with van der Waals surface area (Å²) in [4.78, 5) is 18.4. The lowest BCUT2D eigenvalue weighted by Crippen LogP contribution is -2.32. The zero-order valence-corrected chi connectivity index (χ0v) is 15.5. The molecule has 0 unspecified atom stereocenters. The van der Waals surface area contributed by atoms with E-state index < -0.39 is 0 Å². The number of benzene rings is 1. The second-order valence-electron chi connectivity index (χ2n) is 5.91. The van der Waals surface area contributed by atoms with Gasteiger partial charge in [-0.05, 0) is 32.2 Å². The van der Waals surface area contributed by atoms with Crippen LogP contribution in [0.25, 0.3) is 0 Å². The molecule has 1 amide bonds. The highest BCUT2D eigenvalue weighted by molar-refractivity contribution is 6.42. The molecular formula is C16H20Cl2N4O2. The Labute approximate surface area is 151 Å². The minimum Gasteiger partial charge on any atom is -0.338 e. The van der Waals surface area contributed by atoms with Crippen molar-refractivity contribution in [3.63, 3.8) is 0 Å². The lowest BCUT2D eigenvalue weighted by Gasteiger charge is -2.20. The van der Waals surface area contributed by atoms with Crippen LogP contribution in [0, 0.1) is 0 Å². The van der Waals surface area contributed by atoms with E-state index in [0.29, 0.717) is 27.4 Å². The van der Waals surface area contributed by atoms with E-state index in [0.717, 1.165) is 0 Å². The van der Waals surface area contributed by atoms with Gasteiger partial charge in [0.05, 0.1) is 22.6 Å². The van der Waals surface area contributed by atoms with E-state index in [4.69, 9.17) is 27.7 Å². The lowest BCUT2D eigenvalue weighted by molar-refractivity contribution is -0.117. The highest BCUT2D eigenvalue weighted by Crippen LogP contribution is 2.25. The SMILES string of the molecule is CC(C)c1noc([C@H](C)N(C)CC(=O)Nc2ccc(Cl)c(Cl)c2)n1. The van der Waals surface area contributed by atoms with Crippen molar-refractivity contribution in [3.8, 4) is 0 Å². The zero-order valence-electron chi connectivity index (χ0n) is 14.0. The molecule has 0 spiro atoms. The molecule has 1 aromatic heterocycles. The largest absolute Gasteiger partial charge is 0.338 e. The number of anilines is 1. The molecule has 2 rings (SSSR count). The summed E-state index contributed by atoms with van der Waals surface area (Å²) in [6.07, 6.45) is 0. The Morgan fingerprint density at radius 1 is 1.29 bits per heavy atom. The molecule has 6 nitrogen and oxygen atoms in total. The van der Waals surface area contributed by atoms with E-state index in [1.807, 2.05) is 32.7 Å². The molecule has 0 saturated carbocycles. The first kappa shape index (κ1) is 18.7. The standard InChI is InChI=1S/C16H20Cl2N4O2/c1-9(2)15-20-16(24-21-15)10(3)22(4)8-14(23)19-11-5-6-12(17)13(18)7-11/h5-7,9-10H,8H2,1-4H3,(H,19,23)/t10-/m0/s1. The van der Waals surface area contributed by atoms with Crippen LogP contribution in [-0.4, -0.2) is 34.5 Å². The number of nitrogens with one attached hydrogen (secondary N) is 1. The zero-order chi connectivity index (χ0) is 17.9. The van der Waals surface area contributed by atoms with Gasteiger partial charge in [0, 0.05) is 11.6 Å². The van der Waals surface area contributed by atoms with Crippen LogP contribution in [0.1, 0.15) is 44.4 Å². The van der Waals surface area contributed by atoms with Crippen LogP contribution in [0.2, 0.25) is 10.0 Å². The van der Waals surface area contributed by atoms with Crippen molar-refractivity contribution >= 4 is 34.8 Å². The third kappa shape index (κ3) is 4.69. The number of amides is 1. The molecule has 130 valence electrons. The minimum absolute atomic E-state index is 0.167. The van der Waals surface area contributed by atoms with Crippen molar-refractivity contribution in [1.29, 1.82) is 0 Å². The predicted octanol–water partition coefficient (Wildman–Crippen LogP) is 4.13. The third-order valence-corrected chi connectivity index (χ3v) is 4.33. The summed E-state index contributed by atoms with van der Waals surface area (Å²) in [5, 5.41) is 7.56. The van der Waals surface area contributed by atoms with Crippen molar-refractivity contribution in [1.82, 2.24) is 15.0 Å².